The molecule has 0 fully saturated rings. The van der Waals surface area contributed by atoms with Crippen LogP contribution in [0.25, 0.3) is 27.8 Å². The first-order valence-corrected chi connectivity index (χ1v) is 6.83. The van der Waals surface area contributed by atoms with Crippen LogP contribution in [0.3, 0.4) is 0 Å². The van der Waals surface area contributed by atoms with Crippen LogP contribution in [0.2, 0.25) is 0 Å². The Morgan fingerprint density at radius 3 is 3.00 bits per heavy atom. The Bertz CT molecular complexity index is 1000. The number of rotatable bonds is 2. The molecule has 0 bridgehead atoms. The van der Waals surface area contributed by atoms with E-state index in [2.05, 4.69) is 21.1 Å². The number of pyridine rings is 1. The molecule has 0 unspecified atom stereocenters. The summed E-state index contributed by atoms with van der Waals surface area (Å²) in [7, 11) is 0. The fraction of sp³-hybridized carbons (Fsp3) is 0. The molecule has 0 aliphatic rings. The van der Waals surface area contributed by atoms with Gasteiger partial charge in [0.2, 0.25) is 0 Å². The van der Waals surface area contributed by atoms with E-state index in [0.717, 1.165) is 27.8 Å². The van der Waals surface area contributed by atoms with Crippen molar-refractivity contribution in [1.82, 2.24) is 19.7 Å². The number of aromatic amines is 1. The molecular weight excluding hydrogens is 274 g/mol. The standard InChI is InChI=1S/C17H11N5/c18-9-12-2-1-3-13(8-12)14-10-21-22(11-14)16-5-7-20-17-15(16)4-6-19-17/h1-8,10-11H,(H,19,20). The number of fused-ring (bicyclic) bond motifs is 1. The first-order chi connectivity index (χ1) is 10.8. The Morgan fingerprint density at radius 1 is 1.14 bits per heavy atom. The molecule has 0 saturated heterocycles. The molecule has 0 atom stereocenters. The van der Waals surface area contributed by atoms with E-state index in [0.29, 0.717) is 5.56 Å². The van der Waals surface area contributed by atoms with E-state index in [1.165, 1.54) is 0 Å². The monoisotopic (exact) mass is 285 g/mol. The van der Waals surface area contributed by atoms with Crippen molar-refractivity contribution in [2.75, 3.05) is 0 Å². The highest BCUT2D eigenvalue weighted by Gasteiger charge is 2.08. The van der Waals surface area contributed by atoms with E-state index < -0.39 is 0 Å². The summed E-state index contributed by atoms with van der Waals surface area (Å²) >= 11 is 0. The molecule has 5 nitrogen and oxygen atoms in total. The van der Waals surface area contributed by atoms with Gasteiger partial charge in [-0.25, -0.2) is 9.67 Å². The first kappa shape index (κ1) is 12.4. The Balaban J connectivity index is 1.81. The minimum Gasteiger partial charge on any atom is -0.346 e. The van der Waals surface area contributed by atoms with Gasteiger partial charge in [0.05, 0.1) is 23.5 Å². The van der Waals surface area contributed by atoms with E-state index in [1.54, 1.807) is 18.5 Å². The average Bonchev–Trinajstić information content (AvgIpc) is 3.23. The zero-order valence-electron chi connectivity index (χ0n) is 11.6. The quantitative estimate of drug-likeness (QED) is 0.614. The highest BCUT2D eigenvalue weighted by Crippen LogP contribution is 2.24. The lowest BCUT2D eigenvalue weighted by molar-refractivity contribution is 0.886. The molecule has 0 aliphatic carbocycles. The van der Waals surface area contributed by atoms with Crippen LogP contribution in [0.15, 0.2) is 61.2 Å². The number of nitrogens with one attached hydrogen (secondary N) is 1. The molecule has 0 spiro atoms. The third kappa shape index (κ3) is 1.95. The predicted octanol–water partition coefficient (Wildman–Crippen LogP) is 3.29. The molecule has 3 heterocycles. The van der Waals surface area contributed by atoms with Gasteiger partial charge in [-0.3, -0.25) is 0 Å². The van der Waals surface area contributed by atoms with Crippen molar-refractivity contribution in [1.29, 1.82) is 5.26 Å². The lowest BCUT2D eigenvalue weighted by Gasteiger charge is -2.02. The van der Waals surface area contributed by atoms with Crippen molar-refractivity contribution in [2.45, 2.75) is 0 Å². The molecule has 0 radical (unpaired) electrons. The number of benzene rings is 1. The fourth-order valence-corrected chi connectivity index (χ4v) is 2.52. The van der Waals surface area contributed by atoms with Gasteiger partial charge in [-0.05, 0) is 29.8 Å². The molecule has 1 aromatic carbocycles. The summed E-state index contributed by atoms with van der Waals surface area (Å²) in [6.07, 6.45) is 7.38. The van der Waals surface area contributed by atoms with Gasteiger partial charge in [-0.1, -0.05) is 12.1 Å². The van der Waals surface area contributed by atoms with E-state index in [-0.39, 0.29) is 0 Å². The maximum Gasteiger partial charge on any atom is 0.139 e. The highest BCUT2D eigenvalue weighted by atomic mass is 15.3. The summed E-state index contributed by atoms with van der Waals surface area (Å²) in [5, 5.41) is 14.5. The average molecular weight is 285 g/mol. The van der Waals surface area contributed by atoms with Gasteiger partial charge in [-0.2, -0.15) is 10.4 Å². The van der Waals surface area contributed by atoms with Crippen molar-refractivity contribution in [3.63, 3.8) is 0 Å². The van der Waals surface area contributed by atoms with Crippen LogP contribution in [0.5, 0.6) is 0 Å². The minimum atomic E-state index is 0.641. The van der Waals surface area contributed by atoms with Gasteiger partial charge in [0, 0.05) is 29.5 Å². The van der Waals surface area contributed by atoms with Gasteiger partial charge in [0.15, 0.2) is 0 Å². The molecular formula is C17H11N5. The Kier molecular flexibility index (Phi) is 2.73. The van der Waals surface area contributed by atoms with Crippen LogP contribution < -0.4 is 0 Å². The lowest BCUT2D eigenvalue weighted by atomic mass is 10.1. The van der Waals surface area contributed by atoms with Crippen molar-refractivity contribution in [3.8, 4) is 22.9 Å². The maximum atomic E-state index is 9.01. The zero-order valence-corrected chi connectivity index (χ0v) is 11.6. The molecule has 104 valence electrons. The van der Waals surface area contributed by atoms with E-state index in [9.17, 15) is 0 Å². The Morgan fingerprint density at radius 2 is 2.09 bits per heavy atom. The molecule has 0 saturated carbocycles. The van der Waals surface area contributed by atoms with Crippen molar-refractivity contribution in [2.24, 2.45) is 0 Å². The molecule has 5 heteroatoms. The summed E-state index contributed by atoms with van der Waals surface area (Å²) in [5.41, 5.74) is 4.39. The SMILES string of the molecule is N#Cc1cccc(-c2cnn(-c3ccnc4[nH]ccc34)c2)c1. The summed E-state index contributed by atoms with van der Waals surface area (Å²) in [6.45, 7) is 0. The van der Waals surface area contributed by atoms with E-state index in [4.69, 9.17) is 5.26 Å². The Labute approximate surface area is 126 Å². The molecule has 22 heavy (non-hydrogen) atoms. The summed E-state index contributed by atoms with van der Waals surface area (Å²) in [5.74, 6) is 0. The van der Waals surface area contributed by atoms with Gasteiger partial charge in [0.1, 0.15) is 5.65 Å². The Hall–Kier alpha value is -3.39. The lowest BCUT2D eigenvalue weighted by Crippen LogP contribution is -1.95. The van der Waals surface area contributed by atoms with Crippen molar-refractivity contribution in [3.05, 3.63) is 66.7 Å². The predicted molar refractivity (Wildman–Crippen MR) is 83.4 cm³/mol. The molecule has 0 amide bonds. The van der Waals surface area contributed by atoms with Gasteiger partial charge in [-0.15, -0.1) is 0 Å². The molecule has 0 aliphatic heterocycles. The number of nitrogens with zero attached hydrogens (tertiary/aromatic N) is 4. The summed E-state index contributed by atoms with van der Waals surface area (Å²) in [4.78, 5) is 7.38. The fourth-order valence-electron chi connectivity index (χ4n) is 2.52. The molecule has 1 N–H and O–H groups in total. The number of hydrogen-bond acceptors (Lipinski definition) is 3. The number of aromatic nitrogens is 4. The zero-order chi connectivity index (χ0) is 14.9. The summed E-state index contributed by atoms with van der Waals surface area (Å²) < 4.78 is 1.83. The van der Waals surface area contributed by atoms with Gasteiger partial charge >= 0.3 is 0 Å². The van der Waals surface area contributed by atoms with Crippen LogP contribution in [0.4, 0.5) is 0 Å². The molecule has 3 aromatic heterocycles. The van der Waals surface area contributed by atoms with Crippen LogP contribution >= 0.6 is 0 Å². The number of hydrogen-bond donors (Lipinski definition) is 1. The smallest absolute Gasteiger partial charge is 0.139 e. The first-order valence-electron chi connectivity index (χ1n) is 6.83. The molecule has 4 rings (SSSR count). The minimum absolute atomic E-state index is 0.641. The topological polar surface area (TPSA) is 70.3 Å². The second-order valence-electron chi connectivity index (χ2n) is 4.94. The van der Waals surface area contributed by atoms with Crippen molar-refractivity contribution < 1.29 is 0 Å². The van der Waals surface area contributed by atoms with Crippen LogP contribution in [-0.4, -0.2) is 19.7 Å². The second kappa shape index (κ2) is 4.86. The van der Waals surface area contributed by atoms with Gasteiger partial charge < -0.3 is 4.98 Å². The third-order valence-corrected chi connectivity index (χ3v) is 3.59. The number of nitriles is 1. The summed E-state index contributed by atoms with van der Waals surface area (Å²) in [6, 6.07) is 13.6. The normalized spacial score (nSPS) is 10.7. The largest absolute Gasteiger partial charge is 0.346 e. The van der Waals surface area contributed by atoms with Gasteiger partial charge in [0.25, 0.3) is 0 Å². The van der Waals surface area contributed by atoms with E-state index in [1.807, 2.05) is 47.4 Å². The van der Waals surface area contributed by atoms with E-state index >= 15 is 0 Å². The molecule has 4 aromatic rings. The van der Waals surface area contributed by atoms with Crippen LogP contribution in [0.1, 0.15) is 5.56 Å². The second-order valence-corrected chi connectivity index (χ2v) is 4.94. The van der Waals surface area contributed by atoms with Crippen molar-refractivity contribution >= 4 is 11.0 Å². The third-order valence-electron chi connectivity index (χ3n) is 3.59. The number of H-pyrrole nitrogens is 1. The highest BCUT2D eigenvalue weighted by molar-refractivity contribution is 5.84. The maximum absolute atomic E-state index is 9.01. The van der Waals surface area contributed by atoms with Crippen LogP contribution in [0, 0.1) is 11.3 Å². The van der Waals surface area contributed by atoms with Crippen LogP contribution in [-0.2, 0) is 0 Å².